The van der Waals surface area contributed by atoms with E-state index in [0.29, 0.717) is 23.8 Å². The minimum Gasteiger partial charge on any atom is -0.381 e. The zero-order valence-electron chi connectivity index (χ0n) is 12.7. The fourth-order valence-corrected chi connectivity index (χ4v) is 3.43. The van der Waals surface area contributed by atoms with Crippen LogP contribution in [0.5, 0.6) is 0 Å². The van der Waals surface area contributed by atoms with Gasteiger partial charge in [-0.1, -0.05) is 13.8 Å². The predicted octanol–water partition coefficient (Wildman–Crippen LogP) is 1.99. The van der Waals surface area contributed by atoms with Crippen LogP contribution in [0, 0.1) is 11.8 Å². The van der Waals surface area contributed by atoms with Crippen LogP contribution in [-0.4, -0.2) is 42.3 Å². The van der Waals surface area contributed by atoms with Crippen molar-refractivity contribution < 1.29 is 9.53 Å². The average molecular weight is 268 g/mol. The van der Waals surface area contributed by atoms with Crippen LogP contribution in [0.2, 0.25) is 0 Å². The number of hydrogen-bond donors (Lipinski definition) is 1. The Hall–Kier alpha value is -0.610. The zero-order valence-corrected chi connectivity index (χ0v) is 12.7. The highest BCUT2D eigenvalue weighted by atomic mass is 16.5. The maximum absolute atomic E-state index is 12.6. The predicted molar refractivity (Wildman–Crippen MR) is 75.7 cm³/mol. The third kappa shape index (κ3) is 3.29. The van der Waals surface area contributed by atoms with Gasteiger partial charge in [0.25, 0.3) is 0 Å². The standard InChI is InChI=1S/C15H28N2O2/c1-10(2)9-14-15(18)17(12(4)16-14)11(3)13-5-7-19-8-6-13/h10-14,16H,5-9H2,1-4H3. The van der Waals surface area contributed by atoms with Crippen LogP contribution in [0.25, 0.3) is 0 Å². The van der Waals surface area contributed by atoms with E-state index in [2.05, 4.69) is 37.9 Å². The first-order chi connectivity index (χ1) is 9.00. The van der Waals surface area contributed by atoms with Gasteiger partial charge in [0, 0.05) is 19.3 Å². The number of carbonyl (C=O) groups is 1. The van der Waals surface area contributed by atoms with Crippen molar-refractivity contribution in [2.45, 2.75) is 65.2 Å². The molecular formula is C15H28N2O2. The Balaban J connectivity index is 2.00. The topological polar surface area (TPSA) is 41.6 Å². The number of nitrogens with one attached hydrogen (secondary N) is 1. The van der Waals surface area contributed by atoms with Gasteiger partial charge in [0.1, 0.15) is 0 Å². The van der Waals surface area contributed by atoms with Crippen molar-refractivity contribution in [1.29, 1.82) is 0 Å². The van der Waals surface area contributed by atoms with Gasteiger partial charge in [0.05, 0.1) is 12.2 Å². The smallest absolute Gasteiger partial charge is 0.241 e. The summed E-state index contributed by atoms with van der Waals surface area (Å²) in [5.41, 5.74) is 0. The van der Waals surface area contributed by atoms with E-state index in [1.54, 1.807) is 0 Å². The van der Waals surface area contributed by atoms with Crippen molar-refractivity contribution in [3.05, 3.63) is 0 Å². The van der Waals surface area contributed by atoms with E-state index in [9.17, 15) is 4.79 Å². The van der Waals surface area contributed by atoms with Gasteiger partial charge in [-0.15, -0.1) is 0 Å². The molecule has 4 heteroatoms. The van der Waals surface area contributed by atoms with Gasteiger partial charge in [-0.05, 0) is 44.9 Å². The van der Waals surface area contributed by atoms with Crippen LogP contribution >= 0.6 is 0 Å². The van der Waals surface area contributed by atoms with Crippen LogP contribution in [0.3, 0.4) is 0 Å². The first-order valence-corrected chi connectivity index (χ1v) is 7.66. The Morgan fingerprint density at radius 2 is 1.95 bits per heavy atom. The summed E-state index contributed by atoms with van der Waals surface area (Å²) in [7, 11) is 0. The molecule has 0 aromatic carbocycles. The number of hydrogen-bond acceptors (Lipinski definition) is 3. The second-order valence-electron chi connectivity index (χ2n) is 6.46. The number of rotatable bonds is 4. The Morgan fingerprint density at radius 1 is 1.32 bits per heavy atom. The fourth-order valence-electron chi connectivity index (χ4n) is 3.43. The first-order valence-electron chi connectivity index (χ1n) is 7.66. The van der Waals surface area contributed by atoms with E-state index in [4.69, 9.17) is 4.74 Å². The third-order valence-corrected chi connectivity index (χ3v) is 4.51. The largest absolute Gasteiger partial charge is 0.381 e. The van der Waals surface area contributed by atoms with Crippen molar-refractivity contribution >= 4 is 5.91 Å². The summed E-state index contributed by atoms with van der Waals surface area (Å²) in [4.78, 5) is 14.6. The third-order valence-electron chi connectivity index (χ3n) is 4.51. The summed E-state index contributed by atoms with van der Waals surface area (Å²) < 4.78 is 5.42. The van der Waals surface area contributed by atoms with Crippen LogP contribution < -0.4 is 5.32 Å². The lowest BCUT2D eigenvalue weighted by molar-refractivity contribution is -0.133. The second kappa shape index (κ2) is 6.23. The molecular weight excluding hydrogens is 240 g/mol. The lowest BCUT2D eigenvalue weighted by Gasteiger charge is -2.36. The molecule has 0 aliphatic carbocycles. The fraction of sp³-hybridized carbons (Fsp3) is 0.933. The molecule has 0 bridgehead atoms. The highest BCUT2D eigenvalue weighted by Crippen LogP contribution is 2.27. The SMILES string of the molecule is CC(C)CC1NC(C)N(C(C)C2CCOCC2)C1=O. The molecule has 3 unspecified atom stereocenters. The molecule has 2 aliphatic heterocycles. The van der Waals surface area contributed by atoms with Crippen LogP contribution in [0.15, 0.2) is 0 Å². The van der Waals surface area contributed by atoms with E-state index < -0.39 is 0 Å². The molecule has 0 aromatic heterocycles. The number of ether oxygens (including phenoxy) is 1. The monoisotopic (exact) mass is 268 g/mol. The summed E-state index contributed by atoms with van der Waals surface area (Å²) in [6.45, 7) is 10.3. The Morgan fingerprint density at radius 3 is 2.53 bits per heavy atom. The van der Waals surface area contributed by atoms with E-state index in [-0.39, 0.29) is 12.2 Å². The quantitative estimate of drug-likeness (QED) is 0.848. The summed E-state index contributed by atoms with van der Waals surface area (Å²) in [6.07, 6.45) is 3.24. The van der Waals surface area contributed by atoms with Crippen molar-refractivity contribution in [2.24, 2.45) is 11.8 Å². The molecule has 0 saturated carbocycles. The molecule has 110 valence electrons. The highest BCUT2D eigenvalue weighted by Gasteiger charge is 2.41. The maximum atomic E-state index is 12.6. The molecule has 2 aliphatic rings. The molecule has 0 spiro atoms. The molecule has 3 atom stereocenters. The summed E-state index contributed by atoms with van der Waals surface area (Å²) in [6, 6.07) is 0.327. The summed E-state index contributed by atoms with van der Waals surface area (Å²) >= 11 is 0. The molecule has 0 radical (unpaired) electrons. The van der Waals surface area contributed by atoms with E-state index in [1.807, 2.05) is 0 Å². The zero-order chi connectivity index (χ0) is 14.0. The Labute approximate surface area is 116 Å². The minimum atomic E-state index is 0.0114. The normalized spacial score (nSPS) is 31.2. The van der Waals surface area contributed by atoms with Gasteiger partial charge in [-0.3, -0.25) is 10.1 Å². The molecule has 1 N–H and O–H groups in total. The van der Waals surface area contributed by atoms with E-state index in [1.165, 1.54) is 0 Å². The molecule has 2 rings (SSSR count). The van der Waals surface area contributed by atoms with Crippen molar-refractivity contribution in [3.63, 3.8) is 0 Å². The van der Waals surface area contributed by atoms with E-state index in [0.717, 1.165) is 32.5 Å². The first kappa shape index (κ1) is 14.8. The molecule has 19 heavy (non-hydrogen) atoms. The van der Waals surface area contributed by atoms with Gasteiger partial charge < -0.3 is 9.64 Å². The molecule has 2 heterocycles. The molecule has 0 aromatic rings. The molecule has 2 saturated heterocycles. The lowest BCUT2D eigenvalue weighted by Crippen LogP contribution is -2.46. The Bertz CT molecular complexity index is 313. The molecule has 1 amide bonds. The highest BCUT2D eigenvalue weighted by molar-refractivity contribution is 5.84. The average Bonchev–Trinajstić information content (AvgIpc) is 2.64. The maximum Gasteiger partial charge on any atom is 0.241 e. The van der Waals surface area contributed by atoms with Crippen molar-refractivity contribution in [3.8, 4) is 0 Å². The van der Waals surface area contributed by atoms with Gasteiger partial charge >= 0.3 is 0 Å². The van der Waals surface area contributed by atoms with Crippen molar-refractivity contribution in [2.75, 3.05) is 13.2 Å². The second-order valence-corrected chi connectivity index (χ2v) is 6.46. The number of nitrogens with zero attached hydrogens (tertiary/aromatic N) is 1. The molecule has 2 fully saturated rings. The molecule has 4 nitrogen and oxygen atoms in total. The lowest BCUT2D eigenvalue weighted by atomic mass is 9.91. The summed E-state index contributed by atoms with van der Waals surface area (Å²) in [5, 5.41) is 3.45. The van der Waals surface area contributed by atoms with E-state index >= 15 is 0 Å². The van der Waals surface area contributed by atoms with Crippen LogP contribution in [-0.2, 0) is 9.53 Å². The van der Waals surface area contributed by atoms with Crippen molar-refractivity contribution in [1.82, 2.24) is 10.2 Å². The van der Waals surface area contributed by atoms with Crippen LogP contribution in [0.1, 0.15) is 47.0 Å². The van der Waals surface area contributed by atoms with Crippen LogP contribution in [0.4, 0.5) is 0 Å². The van der Waals surface area contributed by atoms with Gasteiger partial charge in [-0.2, -0.15) is 0 Å². The van der Waals surface area contributed by atoms with Gasteiger partial charge in [-0.25, -0.2) is 0 Å². The van der Waals surface area contributed by atoms with Gasteiger partial charge in [0.15, 0.2) is 0 Å². The minimum absolute atomic E-state index is 0.0114. The van der Waals surface area contributed by atoms with Gasteiger partial charge in [0.2, 0.25) is 5.91 Å². The number of amides is 1. The number of carbonyl (C=O) groups excluding carboxylic acids is 1. The summed E-state index contributed by atoms with van der Waals surface area (Å²) in [5.74, 6) is 1.42. The Kier molecular flexibility index (Phi) is 4.85.